The first-order valence-corrected chi connectivity index (χ1v) is 4.33. The van der Waals surface area contributed by atoms with E-state index in [1.807, 2.05) is 0 Å². The van der Waals surface area contributed by atoms with Gasteiger partial charge in [0.1, 0.15) is 11.2 Å². The zero-order valence-electron chi connectivity index (χ0n) is 6.26. The molecule has 1 N–H and O–H groups in total. The number of hydrogen-bond donors (Lipinski definition) is 1. The van der Waals surface area contributed by atoms with E-state index in [1.54, 1.807) is 13.8 Å². The van der Waals surface area contributed by atoms with Crippen LogP contribution in [0, 0.1) is 5.41 Å². The third-order valence-corrected chi connectivity index (χ3v) is 3.76. The van der Waals surface area contributed by atoms with Gasteiger partial charge < -0.3 is 9.90 Å². The summed E-state index contributed by atoms with van der Waals surface area (Å²) < 4.78 is 0. The molecule has 2 nitrogen and oxygen atoms in total. The predicted octanol–water partition coefficient (Wildman–Crippen LogP) is 1.04. The molecule has 10 heavy (non-hydrogen) atoms. The lowest BCUT2D eigenvalue weighted by atomic mass is 9.84. The number of thioether (sulfide) groups is 1. The van der Waals surface area contributed by atoms with Gasteiger partial charge in [-0.2, -0.15) is 0 Å². The minimum atomic E-state index is -0.852. The molecule has 0 aromatic rings. The maximum absolute atomic E-state index is 10.6. The van der Waals surface area contributed by atoms with E-state index >= 15 is 0 Å². The summed E-state index contributed by atoms with van der Waals surface area (Å²) in [5.41, 5.74) is -0.530. The number of aldehydes is 1. The Morgan fingerprint density at radius 2 is 2.20 bits per heavy atom. The third-order valence-electron chi connectivity index (χ3n) is 2.32. The minimum Gasteiger partial charge on any atom is -0.379 e. The largest absolute Gasteiger partial charge is 0.379 e. The highest BCUT2D eigenvalue weighted by atomic mass is 32.2. The van der Waals surface area contributed by atoms with Gasteiger partial charge in [-0.05, 0) is 26.0 Å². The van der Waals surface area contributed by atoms with Crippen molar-refractivity contribution < 1.29 is 9.90 Å². The van der Waals surface area contributed by atoms with E-state index in [-0.39, 0.29) is 0 Å². The monoisotopic (exact) mass is 160 g/mol. The molecule has 0 bridgehead atoms. The van der Waals surface area contributed by atoms with E-state index in [1.165, 1.54) is 11.8 Å². The lowest BCUT2D eigenvalue weighted by Crippen LogP contribution is -2.37. The second-order valence-corrected chi connectivity index (χ2v) is 4.61. The highest BCUT2D eigenvalue weighted by Crippen LogP contribution is 2.48. The topological polar surface area (TPSA) is 37.3 Å². The third kappa shape index (κ3) is 0.974. The number of carbonyl (C=O) groups excluding carboxylic acids is 1. The molecule has 0 aliphatic carbocycles. The summed E-state index contributed by atoms with van der Waals surface area (Å²) in [6.45, 7) is 3.51. The predicted molar refractivity (Wildman–Crippen MR) is 41.9 cm³/mol. The number of rotatable bonds is 1. The van der Waals surface area contributed by atoms with Gasteiger partial charge in [-0.3, -0.25) is 0 Å². The van der Waals surface area contributed by atoms with Crippen LogP contribution in [0.1, 0.15) is 20.3 Å². The van der Waals surface area contributed by atoms with Gasteiger partial charge in [0.2, 0.25) is 0 Å². The average Bonchev–Trinajstić information content (AvgIpc) is 2.10. The van der Waals surface area contributed by atoms with E-state index in [9.17, 15) is 9.90 Å². The van der Waals surface area contributed by atoms with Gasteiger partial charge in [0, 0.05) is 0 Å². The molecule has 58 valence electrons. The normalized spacial score (nSPS) is 47.5. The van der Waals surface area contributed by atoms with Crippen LogP contribution in [0.3, 0.4) is 0 Å². The maximum atomic E-state index is 10.6. The van der Waals surface area contributed by atoms with Crippen LogP contribution in [0.4, 0.5) is 0 Å². The van der Waals surface area contributed by atoms with E-state index < -0.39 is 10.3 Å². The Labute approximate surface area is 65.0 Å². The molecule has 0 radical (unpaired) electrons. The van der Waals surface area contributed by atoms with E-state index in [0.29, 0.717) is 0 Å². The van der Waals surface area contributed by atoms with Crippen molar-refractivity contribution in [2.75, 3.05) is 5.75 Å². The summed E-state index contributed by atoms with van der Waals surface area (Å²) in [5, 5.41) is 9.65. The fraction of sp³-hybridized carbons (Fsp3) is 0.857. The number of carbonyl (C=O) groups is 1. The van der Waals surface area contributed by atoms with E-state index in [2.05, 4.69) is 0 Å². The summed E-state index contributed by atoms with van der Waals surface area (Å²) in [6.07, 6.45) is 1.65. The van der Waals surface area contributed by atoms with Crippen LogP contribution in [0.15, 0.2) is 0 Å². The van der Waals surface area contributed by atoms with Gasteiger partial charge in [-0.1, -0.05) is 0 Å². The van der Waals surface area contributed by atoms with Gasteiger partial charge in [-0.25, -0.2) is 0 Å². The van der Waals surface area contributed by atoms with Crippen LogP contribution in [-0.4, -0.2) is 22.1 Å². The van der Waals surface area contributed by atoms with Crippen LogP contribution < -0.4 is 0 Å². The molecular weight excluding hydrogens is 148 g/mol. The molecule has 0 spiro atoms. The molecule has 1 saturated heterocycles. The molecule has 1 rings (SSSR count). The Bertz CT molecular complexity index is 156. The maximum Gasteiger partial charge on any atom is 0.129 e. The first kappa shape index (κ1) is 8.08. The van der Waals surface area contributed by atoms with Gasteiger partial charge >= 0.3 is 0 Å². The summed E-state index contributed by atoms with van der Waals surface area (Å²) in [7, 11) is 0. The Morgan fingerprint density at radius 1 is 1.60 bits per heavy atom. The molecule has 3 heteroatoms. The molecule has 1 fully saturated rings. The van der Waals surface area contributed by atoms with E-state index in [4.69, 9.17) is 0 Å². The second-order valence-electron chi connectivity index (χ2n) is 3.12. The van der Waals surface area contributed by atoms with Crippen molar-refractivity contribution in [3.8, 4) is 0 Å². The molecule has 1 aliphatic rings. The lowest BCUT2D eigenvalue weighted by molar-refractivity contribution is -0.121. The van der Waals surface area contributed by atoms with Crippen molar-refractivity contribution >= 4 is 18.0 Å². The molecule has 2 unspecified atom stereocenters. The molecule has 0 saturated carbocycles. The average molecular weight is 160 g/mol. The Hall–Kier alpha value is -0.0200. The zero-order valence-corrected chi connectivity index (χ0v) is 7.07. The quantitative estimate of drug-likeness (QED) is 0.582. The van der Waals surface area contributed by atoms with Crippen LogP contribution >= 0.6 is 11.8 Å². The van der Waals surface area contributed by atoms with Gasteiger partial charge in [0.25, 0.3) is 0 Å². The Morgan fingerprint density at radius 3 is 2.40 bits per heavy atom. The number of aliphatic hydroxyl groups is 1. The van der Waals surface area contributed by atoms with Gasteiger partial charge in [0.05, 0.1) is 5.41 Å². The molecular formula is C7H12O2S. The standard InChI is InChI=1S/C7H12O2S/c1-6(5-8)3-4-10-7(6,2)9/h5,9H,3-4H2,1-2H3. The summed E-state index contributed by atoms with van der Waals surface area (Å²) in [4.78, 5) is 9.72. The van der Waals surface area contributed by atoms with Crippen molar-refractivity contribution in [1.29, 1.82) is 0 Å². The highest BCUT2D eigenvalue weighted by Gasteiger charge is 2.48. The van der Waals surface area contributed by atoms with Crippen LogP contribution in [0.5, 0.6) is 0 Å². The first-order chi connectivity index (χ1) is 4.52. The SMILES string of the molecule is CC1(C=O)CCSC1(C)O. The lowest BCUT2D eigenvalue weighted by Gasteiger charge is -2.29. The van der Waals surface area contributed by atoms with E-state index in [0.717, 1.165) is 18.5 Å². The fourth-order valence-electron chi connectivity index (χ4n) is 1.03. The fourth-order valence-corrected chi connectivity index (χ4v) is 2.43. The molecule has 0 amide bonds. The molecule has 1 heterocycles. The smallest absolute Gasteiger partial charge is 0.129 e. The van der Waals surface area contributed by atoms with Gasteiger partial charge in [0.15, 0.2) is 0 Å². The number of hydrogen-bond acceptors (Lipinski definition) is 3. The molecule has 0 aromatic carbocycles. The zero-order chi connectivity index (χ0) is 7.83. The molecule has 0 aromatic heterocycles. The van der Waals surface area contributed by atoms with Crippen LogP contribution in [0.25, 0.3) is 0 Å². The first-order valence-electron chi connectivity index (χ1n) is 3.34. The van der Waals surface area contributed by atoms with Gasteiger partial charge in [-0.15, -0.1) is 11.8 Å². The van der Waals surface area contributed by atoms with Crippen LogP contribution in [-0.2, 0) is 4.79 Å². The summed E-state index contributed by atoms with van der Waals surface area (Å²) in [5.74, 6) is 0.877. The molecule has 2 atom stereocenters. The molecule has 1 aliphatic heterocycles. The Balaban J connectivity index is 2.85. The van der Waals surface area contributed by atoms with Crippen molar-refractivity contribution in [3.63, 3.8) is 0 Å². The Kier molecular flexibility index (Phi) is 1.81. The van der Waals surface area contributed by atoms with Crippen molar-refractivity contribution in [1.82, 2.24) is 0 Å². The highest BCUT2D eigenvalue weighted by molar-refractivity contribution is 8.00. The summed E-state index contributed by atoms with van der Waals surface area (Å²) in [6, 6.07) is 0. The van der Waals surface area contributed by atoms with Crippen molar-refractivity contribution in [2.45, 2.75) is 25.2 Å². The van der Waals surface area contributed by atoms with Crippen molar-refractivity contribution in [2.24, 2.45) is 5.41 Å². The second kappa shape index (κ2) is 2.24. The summed E-state index contributed by atoms with van der Waals surface area (Å²) >= 11 is 1.46. The van der Waals surface area contributed by atoms with Crippen LogP contribution in [0.2, 0.25) is 0 Å². The minimum absolute atomic E-state index is 0.530. The van der Waals surface area contributed by atoms with Crippen molar-refractivity contribution in [3.05, 3.63) is 0 Å².